The summed E-state index contributed by atoms with van der Waals surface area (Å²) in [6.07, 6.45) is -3.69. The molecule has 0 atom stereocenters. The van der Waals surface area contributed by atoms with E-state index in [2.05, 4.69) is 10.1 Å². The van der Waals surface area contributed by atoms with Crippen molar-refractivity contribution in [3.63, 3.8) is 0 Å². The van der Waals surface area contributed by atoms with Gasteiger partial charge in [0.1, 0.15) is 0 Å². The molecule has 0 aliphatic rings. The Morgan fingerprint density at radius 2 is 1.70 bits per heavy atom. The van der Waals surface area contributed by atoms with Crippen LogP contribution in [0.5, 0.6) is 0 Å². The highest BCUT2D eigenvalue weighted by Crippen LogP contribution is 2.32. The van der Waals surface area contributed by atoms with Gasteiger partial charge in [0.15, 0.2) is 15.7 Å². The zero-order valence-corrected chi connectivity index (χ0v) is 15.7. The average molecular weight is 416 g/mol. The average Bonchev–Trinajstić information content (AvgIpc) is 3.02. The number of aromatic nitrogens is 3. The smallest absolute Gasteiger partial charge is 0.224 e. The van der Waals surface area contributed by atoms with E-state index in [0.717, 1.165) is 16.5 Å². The minimum atomic E-state index is -4.73. The van der Waals surface area contributed by atoms with Crippen molar-refractivity contribution < 1.29 is 21.6 Å². The molecule has 3 rings (SSSR count). The number of halogens is 4. The zero-order chi connectivity index (χ0) is 20.0. The Hall–Kier alpha value is -2.39. The number of alkyl halides is 3. The normalized spacial score (nSPS) is 12.4. The van der Waals surface area contributed by atoms with E-state index in [1.165, 1.54) is 30.3 Å². The molecular formula is C17H13ClF3N3O2S. The topological polar surface area (TPSA) is 64.8 Å². The van der Waals surface area contributed by atoms with Gasteiger partial charge in [0.2, 0.25) is 0 Å². The summed E-state index contributed by atoms with van der Waals surface area (Å²) in [5.74, 6) is -1.36. The summed E-state index contributed by atoms with van der Waals surface area (Å²) in [6.45, 7) is 1.77. The van der Waals surface area contributed by atoms with Crippen LogP contribution in [0.15, 0.2) is 47.4 Å². The van der Waals surface area contributed by atoms with Crippen LogP contribution in [0.4, 0.5) is 13.2 Å². The maximum Gasteiger partial charge on any atom is 0.453 e. The number of hydrogen-bond acceptors (Lipinski definition) is 4. The summed E-state index contributed by atoms with van der Waals surface area (Å²) in [4.78, 5) is 3.66. The minimum absolute atomic E-state index is 0.0438. The predicted molar refractivity (Wildman–Crippen MR) is 94.7 cm³/mol. The Labute approximate surface area is 158 Å². The fourth-order valence-electron chi connectivity index (χ4n) is 2.37. The molecule has 2 aromatic carbocycles. The van der Waals surface area contributed by atoms with Crippen LogP contribution in [-0.2, 0) is 16.0 Å². The number of hydrogen-bond donors (Lipinski definition) is 0. The third kappa shape index (κ3) is 3.98. The van der Waals surface area contributed by atoms with Crippen molar-refractivity contribution in [2.24, 2.45) is 0 Å². The van der Waals surface area contributed by atoms with Crippen LogP contribution in [0.3, 0.4) is 0 Å². The van der Waals surface area contributed by atoms with Crippen molar-refractivity contribution in [1.82, 2.24) is 14.8 Å². The molecule has 0 bridgehead atoms. The molecule has 0 spiro atoms. The Kier molecular flexibility index (Phi) is 4.77. The van der Waals surface area contributed by atoms with Crippen LogP contribution >= 0.6 is 11.6 Å². The highest BCUT2D eigenvalue weighted by Gasteiger charge is 2.37. The van der Waals surface area contributed by atoms with Crippen LogP contribution in [0.1, 0.15) is 11.4 Å². The molecule has 0 fully saturated rings. The lowest BCUT2D eigenvalue weighted by Gasteiger charge is -2.08. The number of nitrogens with zero attached hydrogens (tertiary/aromatic N) is 3. The lowest BCUT2D eigenvalue weighted by molar-refractivity contribution is -0.144. The SMILES string of the molecule is Cc1ccc(-c2nc(C(F)(F)F)nn2-c2ccc(S(C)(=O)=O)cc2)cc1Cl. The van der Waals surface area contributed by atoms with Crippen LogP contribution < -0.4 is 0 Å². The molecule has 142 valence electrons. The van der Waals surface area contributed by atoms with Gasteiger partial charge in [-0.3, -0.25) is 0 Å². The molecule has 0 N–H and O–H groups in total. The number of aryl methyl sites for hydroxylation is 1. The maximum absolute atomic E-state index is 13.1. The van der Waals surface area contributed by atoms with E-state index in [0.29, 0.717) is 10.6 Å². The Balaban J connectivity index is 2.19. The van der Waals surface area contributed by atoms with Gasteiger partial charge in [-0.25, -0.2) is 18.1 Å². The molecule has 0 radical (unpaired) electrons. The molecule has 0 aliphatic heterocycles. The lowest BCUT2D eigenvalue weighted by atomic mass is 10.1. The second-order valence-electron chi connectivity index (χ2n) is 5.90. The summed E-state index contributed by atoms with van der Waals surface area (Å²) in [6, 6.07) is 10.1. The molecule has 0 aliphatic carbocycles. The van der Waals surface area contributed by atoms with E-state index in [1.54, 1.807) is 19.1 Å². The molecular weight excluding hydrogens is 403 g/mol. The third-order valence-corrected chi connectivity index (χ3v) is 5.34. The van der Waals surface area contributed by atoms with Crippen molar-refractivity contribution >= 4 is 21.4 Å². The quantitative estimate of drug-likeness (QED) is 0.639. The van der Waals surface area contributed by atoms with E-state index >= 15 is 0 Å². The van der Waals surface area contributed by atoms with E-state index in [4.69, 9.17) is 11.6 Å². The van der Waals surface area contributed by atoms with Crippen molar-refractivity contribution in [1.29, 1.82) is 0 Å². The largest absolute Gasteiger partial charge is 0.453 e. The monoisotopic (exact) mass is 415 g/mol. The zero-order valence-electron chi connectivity index (χ0n) is 14.1. The summed E-state index contributed by atoms with van der Waals surface area (Å²) < 4.78 is 63.6. The van der Waals surface area contributed by atoms with Gasteiger partial charge < -0.3 is 0 Å². The molecule has 0 unspecified atom stereocenters. The van der Waals surface area contributed by atoms with E-state index in [1.807, 2.05) is 0 Å². The highest BCUT2D eigenvalue weighted by atomic mass is 35.5. The summed E-state index contributed by atoms with van der Waals surface area (Å²) in [5, 5.41) is 3.94. The predicted octanol–water partition coefficient (Wildman–Crippen LogP) is 4.32. The third-order valence-electron chi connectivity index (χ3n) is 3.80. The molecule has 0 saturated heterocycles. The second-order valence-corrected chi connectivity index (χ2v) is 8.32. The van der Waals surface area contributed by atoms with E-state index in [-0.39, 0.29) is 16.4 Å². The molecule has 5 nitrogen and oxygen atoms in total. The first-order chi connectivity index (χ1) is 12.5. The van der Waals surface area contributed by atoms with Crippen LogP contribution in [0.25, 0.3) is 17.1 Å². The van der Waals surface area contributed by atoms with Crippen molar-refractivity contribution in [2.45, 2.75) is 18.0 Å². The number of rotatable bonds is 3. The molecule has 10 heteroatoms. The summed E-state index contributed by atoms with van der Waals surface area (Å²) >= 11 is 6.08. The first-order valence-electron chi connectivity index (χ1n) is 7.58. The molecule has 3 aromatic rings. The highest BCUT2D eigenvalue weighted by molar-refractivity contribution is 7.90. The first-order valence-corrected chi connectivity index (χ1v) is 9.85. The summed E-state index contributed by atoms with van der Waals surface area (Å²) in [7, 11) is -3.44. The van der Waals surface area contributed by atoms with Crippen LogP contribution in [0, 0.1) is 6.92 Å². The first kappa shape index (κ1) is 19.4. The fraction of sp³-hybridized carbons (Fsp3) is 0.176. The fourth-order valence-corrected chi connectivity index (χ4v) is 3.18. The van der Waals surface area contributed by atoms with Crippen molar-refractivity contribution in [3.05, 3.63) is 58.9 Å². The van der Waals surface area contributed by atoms with Gasteiger partial charge in [-0.2, -0.15) is 13.2 Å². The molecule has 0 amide bonds. The van der Waals surface area contributed by atoms with Gasteiger partial charge in [-0.15, -0.1) is 5.10 Å². The van der Waals surface area contributed by atoms with Crippen molar-refractivity contribution in [3.8, 4) is 17.1 Å². The molecule has 0 saturated carbocycles. The second kappa shape index (κ2) is 6.65. The number of sulfone groups is 1. The molecule has 1 heterocycles. The number of benzene rings is 2. The van der Waals surface area contributed by atoms with Gasteiger partial charge in [0, 0.05) is 16.8 Å². The lowest BCUT2D eigenvalue weighted by Crippen LogP contribution is -2.08. The summed E-state index contributed by atoms with van der Waals surface area (Å²) in [5.41, 5.74) is 1.35. The van der Waals surface area contributed by atoms with Crippen LogP contribution in [-0.4, -0.2) is 29.4 Å². The molecule has 1 aromatic heterocycles. The van der Waals surface area contributed by atoms with Gasteiger partial charge in [-0.05, 0) is 42.8 Å². The Bertz CT molecular complexity index is 1110. The minimum Gasteiger partial charge on any atom is -0.224 e. The Morgan fingerprint density at radius 1 is 1.07 bits per heavy atom. The standard InChI is InChI=1S/C17H13ClF3N3O2S/c1-10-3-4-11(9-14(10)18)15-22-16(17(19,20)21)23-24(15)12-5-7-13(8-6-12)27(2,25)26/h3-9H,1-2H3. The van der Waals surface area contributed by atoms with Gasteiger partial charge in [0.05, 0.1) is 10.6 Å². The van der Waals surface area contributed by atoms with E-state index < -0.39 is 21.8 Å². The molecule has 27 heavy (non-hydrogen) atoms. The van der Waals surface area contributed by atoms with Crippen LogP contribution in [0.2, 0.25) is 5.02 Å². The van der Waals surface area contributed by atoms with Gasteiger partial charge in [-0.1, -0.05) is 23.7 Å². The van der Waals surface area contributed by atoms with Crippen molar-refractivity contribution in [2.75, 3.05) is 6.26 Å². The Morgan fingerprint density at radius 3 is 2.22 bits per heavy atom. The van der Waals surface area contributed by atoms with E-state index in [9.17, 15) is 21.6 Å². The maximum atomic E-state index is 13.1. The van der Waals surface area contributed by atoms with Gasteiger partial charge >= 0.3 is 6.18 Å². The van der Waals surface area contributed by atoms with Gasteiger partial charge in [0.25, 0.3) is 5.82 Å².